The Bertz CT molecular complexity index is 281. The first-order valence-corrected chi connectivity index (χ1v) is 3.89. The van der Waals surface area contributed by atoms with Crippen LogP contribution in [0.5, 0.6) is 0 Å². The molecular formula is C9H11NO3. The van der Waals surface area contributed by atoms with Crippen molar-refractivity contribution in [1.82, 2.24) is 4.98 Å². The Labute approximate surface area is 76.2 Å². The maximum atomic E-state index is 10.1. The molecule has 4 nitrogen and oxygen atoms in total. The van der Waals surface area contributed by atoms with Crippen molar-refractivity contribution in [3.8, 4) is 0 Å². The van der Waals surface area contributed by atoms with Crippen molar-refractivity contribution in [1.29, 1.82) is 0 Å². The van der Waals surface area contributed by atoms with Gasteiger partial charge in [0.1, 0.15) is 6.61 Å². The summed E-state index contributed by atoms with van der Waals surface area (Å²) < 4.78 is 4.88. The highest BCUT2D eigenvalue weighted by Crippen LogP contribution is 2.00. The molecule has 70 valence electrons. The minimum absolute atomic E-state index is 0.270. The molecule has 0 amide bonds. The summed E-state index contributed by atoms with van der Waals surface area (Å²) in [7, 11) is 0. The molecule has 0 fully saturated rings. The summed E-state index contributed by atoms with van der Waals surface area (Å²) in [6.45, 7) is 1.91. The molecule has 0 aliphatic carbocycles. The molecule has 0 unspecified atom stereocenters. The molecule has 4 heteroatoms. The topological polar surface area (TPSA) is 59.4 Å². The first-order chi connectivity index (χ1) is 6.18. The van der Waals surface area contributed by atoms with Gasteiger partial charge in [-0.3, -0.25) is 4.98 Å². The van der Waals surface area contributed by atoms with Crippen LogP contribution >= 0.6 is 0 Å². The standard InChI is InChI=1S/C9H11NO3/c1-7-2-3-8(4-10-7)5-13-6-9(11)12/h2-4H,5-6H2,1H3,(H,11,12). The first kappa shape index (κ1) is 9.67. The minimum atomic E-state index is -0.958. The van der Waals surface area contributed by atoms with Gasteiger partial charge in [-0.1, -0.05) is 6.07 Å². The molecule has 0 saturated carbocycles. The van der Waals surface area contributed by atoms with E-state index in [1.807, 2.05) is 19.1 Å². The molecule has 1 rings (SSSR count). The van der Waals surface area contributed by atoms with Crippen LogP contribution in [0.1, 0.15) is 11.3 Å². The summed E-state index contributed by atoms with van der Waals surface area (Å²) in [6.07, 6.45) is 1.68. The number of hydrogen-bond donors (Lipinski definition) is 1. The van der Waals surface area contributed by atoms with Crippen molar-refractivity contribution in [2.75, 3.05) is 6.61 Å². The van der Waals surface area contributed by atoms with E-state index in [9.17, 15) is 4.79 Å². The Morgan fingerprint density at radius 3 is 2.92 bits per heavy atom. The van der Waals surface area contributed by atoms with Crippen LogP contribution in [0, 0.1) is 6.92 Å². The van der Waals surface area contributed by atoms with E-state index >= 15 is 0 Å². The van der Waals surface area contributed by atoms with E-state index in [0.717, 1.165) is 11.3 Å². The zero-order valence-electron chi connectivity index (χ0n) is 7.36. The number of aliphatic carboxylic acids is 1. The van der Waals surface area contributed by atoms with Crippen molar-refractivity contribution in [3.05, 3.63) is 29.6 Å². The highest BCUT2D eigenvalue weighted by molar-refractivity contribution is 5.67. The van der Waals surface area contributed by atoms with Gasteiger partial charge in [-0.15, -0.1) is 0 Å². The Kier molecular flexibility index (Phi) is 3.40. The molecule has 1 N–H and O–H groups in total. The Balaban J connectivity index is 2.37. The second-order valence-corrected chi connectivity index (χ2v) is 2.69. The highest BCUT2D eigenvalue weighted by atomic mass is 16.5. The predicted molar refractivity (Wildman–Crippen MR) is 46.3 cm³/mol. The molecule has 0 aromatic carbocycles. The van der Waals surface area contributed by atoms with Crippen LogP contribution in [-0.2, 0) is 16.1 Å². The lowest BCUT2D eigenvalue weighted by Crippen LogP contribution is -2.06. The van der Waals surface area contributed by atoms with E-state index in [1.165, 1.54) is 0 Å². The van der Waals surface area contributed by atoms with E-state index in [2.05, 4.69) is 4.98 Å². The van der Waals surface area contributed by atoms with Crippen molar-refractivity contribution >= 4 is 5.97 Å². The molecule has 0 radical (unpaired) electrons. The monoisotopic (exact) mass is 181 g/mol. The molecule has 13 heavy (non-hydrogen) atoms. The first-order valence-electron chi connectivity index (χ1n) is 3.89. The van der Waals surface area contributed by atoms with Crippen LogP contribution in [0.3, 0.4) is 0 Å². The Hall–Kier alpha value is -1.42. The quantitative estimate of drug-likeness (QED) is 0.752. The number of pyridine rings is 1. The Morgan fingerprint density at radius 2 is 2.38 bits per heavy atom. The van der Waals surface area contributed by atoms with Crippen LogP contribution in [0.25, 0.3) is 0 Å². The van der Waals surface area contributed by atoms with E-state index in [4.69, 9.17) is 9.84 Å². The molecule has 1 aromatic heterocycles. The van der Waals surface area contributed by atoms with Crippen LogP contribution in [0.4, 0.5) is 0 Å². The largest absolute Gasteiger partial charge is 0.480 e. The molecule has 0 bridgehead atoms. The van der Waals surface area contributed by atoms with Crippen LogP contribution in [-0.4, -0.2) is 22.7 Å². The number of carbonyl (C=O) groups is 1. The third-order valence-corrected chi connectivity index (χ3v) is 1.47. The lowest BCUT2D eigenvalue weighted by atomic mass is 10.3. The van der Waals surface area contributed by atoms with Gasteiger partial charge < -0.3 is 9.84 Å². The smallest absolute Gasteiger partial charge is 0.329 e. The average Bonchev–Trinajstić information content (AvgIpc) is 2.08. The summed E-state index contributed by atoms with van der Waals surface area (Å²) in [5, 5.41) is 8.29. The molecular weight excluding hydrogens is 170 g/mol. The number of carboxylic acids is 1. The highest BCUT2D eigenvalue weighted by Gasteiger charge is 1.97. The summed E-state index contributed by atoms with van der Waals surface area (Å²) >= 11 is 0. The molecule has 1 heterocycles. The average molecular weight is 181 g/mol. The number of rotatable bonds is 4. The fourth-order valence-electron chi connectivity index (χ4n) is 0.840. The van der Waals surface area contributed by atoms with Gasteiger partial charge in [0.05, 0.1) is 6.61 Å². The lowest BCUT2D eigenvalue weighted by Gasteiger charge is -2.00. The van der Waals surface area contributed by atoms with Gasteiger partial charge in [-0.2, -0.15) is 0 Å². The van der Waals surface area contributed by atoms with Crippen LogP contribution < -0.4 is 0 Å². The number of aromatic nitrogens is 1. The number of aryl methyl sites for hydroxylation is 1. The third-order valence-electron chi connectivity index (χ3n) is 1.47. The zero-order chi connectivity index (χ0) is 9.68. The minimum Gasteiger partial charge on any atom is -0.480 e. The summed E-state index contributed by atoms with van der Waals surface area (Å²) in [5.74, 6) is -0.958. The SMILES string of the molecule is Cc1ccc(COCC(=O)O)cn1. The van der Waals surface area contributed by atoms with Gasteiger partial charge in [0.25, 0.3) is 0 Å². The maximum Gasteiger partial charge on any atom is 0.329 e. The van der Waals surface area contributed by atoms with Crippen molar-refractivity contribution in [2.24, 2.45) is 0 Å². The van der Waals surface area contributed by atoms with Gasteiger partial charge in [0, 0.05) is 11.9 Å². The third kappa shape index (κ3) is 3.66. The molecule has 0 aliphatic rings. The van der Waals surface area contributed by atoms with E-state index in [0.29, 0.717) is 6.61 Å². The van der Waals surface area contributed by atoms with Gasteiger partial charge in [0.15, 0.2) is 0 Å². The number of carboxylic acid groups (broad SMARTS) is 1. The summed E-state index contributed by atoms with van der Waals surface area (Å²) in [4.78, 5) is 14.2. The fraction of sp³-hybridized carbons (Fsp3) is 0.333. The lowest BCUT2D eigenvalue weighted by molar-refractivity contribution is -0.142. The van der Waals surface area contributed by atoms with E-state index in [1.54, 1.807) is 6.20 Å². The van der Waals surface area contributed by atoms with Gasteiger partial charge >= 0.3 is 5.97 Å². The number of hydrogen-bond acceptors (Lipinski definition) is 3. The van der Waals surface area contributed by atoms with Crippen molar-refractivity contribution < 1.29 is 14.6 Å². The number of ether oxygens (including phenoxy) is 1. The normalized spacial score (nSPS) is 9.92. The van der Waals surface area contributed by atoms with Gasteiger partial charge in [-0.05, 0) is 18.6 Å². The van der Waals surface area contributed by atoms with E-state index in [-0.39, 0.29) is 6.61 Å². The summed E-state index contributed by atoms with van der Waals surface area (Å²) in [5.41, 5.74) is 1.81. The maximum absolute atomic E-state index is 10.1. The second kappa shape index (κ2) is 4.57. The van der Waals surface area contributed by atoms with Crippen molar-refractivity contribution in [3.63, 3.8) is 0 Å². The van der Waals surface area contributed by atoms with Crippen LogP contribution in [0.15, 0.2) is 18.3 Å². The van der Waals surface area contributed by atoms with Crippen LogP contribution in [0.2, 0.25) is 0 Å². The number of nitrogens with zero attached hydrogens (tertiary/aromatic N) is 1. The van der Waals surface area contributed by atoms with Gasteiger partial charge in [0.2, 0.25) is 0 Å². The molecule has 0 aliphatic heterocycles. The molecule has 0 spiro atoms. The van der Waals surface area contributed by atoms with Gasteiger partial charge in [-0.25, -0.2) is 4.79 Å². The fourth-order valence-corrected chi connectivity index (χ4v) is 0.840. The van der Waals surface area contributed by atoms with Crippen molar-refractivity contribution in [2.45, 2.75) is 13.5 Å². The second-order valence-electron chi connectivity index (χ2n) is 2.69. The summed E-state index contributed by atoms with van der Waals surface area (Å²) in [6, 6.07) is 3.73. The zero-order valence-corrected chi connectivity index (χ0v) is 7.36. The molecule has 1 aromatic rings. The predicted octanol–water partition coefficient (Wildman–Crippen LogP) is 0.991. The molecule has 0 saturated heterocycles. The molecule has 0 atom stereocenters. The Morgan fingerprint density at radius 1 is 1.62 bits per heavy atom. The van der Waals surface area contributed by atoms with E-state index < -0.39 is 5.97 Å².